The van der Waals surface area contributed by atoms with Gasteiger partial charge in [0.15, 0.2) is 5.76 Å². The molecule has 0 saturated carbocycles. The van der Waals surface area contributed by atoms with Crippen LogP contribution in [0.4, 0.5) is 0 Å². The average Bonchev–Trinajstić information content (AvgIpc) is 2.91. The van der Waals surface area contributed by atoms with E-state index in [4.69, 9.17) is 14.2 Å². The van der Waals surface area contributed by atoms with Crippen molar-refractivity contribution in [3.8, 4) is 0 Å². The molecule has 0 bridgehead atoms. The molecule has 0 amide bonds. The van der Waals surface area contributed by atoms with Gasteiger partial charge in [0.2, 0.25) is 0 Å². The number of methoxy groups -OCH3 is 2. The van der Waals surface area contributed by atoms with Gasteiger partial charge in [-0.05, 0) is 45.0 Å². The Morgan fingerprint density at radius 2 is 2.08 bits per heavy atom. The second-order valence-corrected chi connectivity index (χ2v) is 6.94. The van der Waals surface area contributed by atoms with Crippen LogP contribution in [0.5, 0.6) is 0 Å². The fourth-order valence-corrected chi connectivity index (χ4v) is 4.50. The highest BCUT2D eigenvalue weighted by Crippen LogP contribution is 2.53. The first-order valence-corrected chi connectivity index (χ1v) is 8.60. The quantitative estimate of drug-likeness (QED) is 0.740. The van der Waals surface area contributed by atoms with Crippen LogP contribution < -0.4 is 0 Å². The molecular formula is C19H27NO4. The number of fused-ring (bicyclic) bond motifs is 1. The van der Waals surface area contributed by atoms with E-state index in [1.165, 1.54) is 12.5 Å². The lowest BCUT2D eigenvalue weighted by molar-refractivity contribution is -0.137. The molecule has 0 N–H and O–H groups in total. The SMILES string of the molecule is COC1=C(OC)CCC(C23CC=C(OC(C)=O)CC2N(C)CC3)=C1. The first kappa shape index (κ1) is 17.1. The second kappa shape index (κ2) is 6.63. The maximum Gasteiger partial charge on any atom is 0.307 e. The number of carbonyl (C=O) groups is 1. The molecule has 1 saturated heterocycles. The van der Waals surface area contributed by atoms with E-state index in [0.717, 1.165) is 55.9 Å². The molecule has 132 valence electrons. The van der Waals surface area contributed by atoms with Crippen molar-refractivity contribution in [1.82, 2.24) is 4.90 Å². The lowest BCUT2D eigenvalue weighted by Gasteiger charge is -2.43. The summed E-state index contributed by atoms with van der Waals surface area (Å²) in [4.78, 5) is 13.7. The second-order valence-electron chi connectivity index (χ2n) is 6.94. The molecule has 0 aromatic rings. The molecule has 24 heavy (non-hydrogen) atoms. The lowest BCUT2D eigenvalue weighted by atomic mass is 9.65. The maximum absolute atomic E-state index is 11.3. The monoisotopic (exact) mass is 333 g/mol. The van der Waals surface area contributed by atoms with E-state index < -0.39 is 0 Å². The van der Waals surface area contributed by atoms with Crippen LogP contribution in [0.25, 0.3) is 0 Å². The Morgan fingerprint density at radius 3 is 2.75 bits per heavy atom. The normalized spacial score (nSPS) is 30.4. The van der Waals surface area contributed by atoms with E-state index >= 15 is 0 Å². The zero-order valence-corrected chi connectivity index (χ0v) is 15.1. The number of hydrogen-bond acceptors (Lipinski definition) is 5. The fourth-order valence-electron chi connectivity index (χ4n) is 4.50. The van der Waals surface area contributed by atoms with Gasteiger partial charge in [-0.3, -0.25) is 4.79 Å². The molecule has 0 radical (unpaired) electrons. The number of esters is 1. The lowest BCUT2D eigenvalue weighted by Crippen LogP contribution is -2.42. The number of carbonyl (C=O) groups excluding carboxylic acids is 1. The van der Waals surface area contributed by atoms with E-state index in [1.807, 2.05) is 0 Å². The number of allylic oxidation sites excluding steroid dienone is 3. The van der Waals surface area contributed by atoms with Crippen LogP contribution in [-0.4, -0.2) is 44.7 Å². The molecule has 5 nitrogen and oxygen atoms in total. The Morgan fingerprint density at radius 1 is 1.29 bits per heavy atom. The van der Waals surface area contributed by atoms with Crippen LogP contribution >= 0.6 is 0 Å². The van der Waals surface area contributed by atoms with Crippen LogP contribution in [0.15, 0.2) is 35.0 Å². The van der Waals surface area contributed by atoms with Gasteiger partial charge in [-0.1, -0.05) is 5.57 Å². The Bertz CT molecular complexity index is 619. The van der Waals surface area contributed by atoms with Crippen molar-refractivity contribution in [2.24, 2.45) is 5.41 Å². The standard InChI is InChI=1S/C19H27NO4/c1-13(21)24-15-7-8-19(9-10-20(2)18(19)12-15)14-5-6-16(22-3)17(11-14)23-4/h7,11,18H,5-6,8-10,12H2,1-4H3. The Kier molecular flexibility index (Phi) is 4.72. The summed E-state index contributed by atoms with van der Waals surface area (Å²) in [5.41, 5.74) is 1.55. The predicted molar refractivity (Wildman–Crippen MR) is 90.9 cm³/mol. The van der Waals surface area contributed by atoms with Gasteiger partial charge in [-0.25, -0.2) is 0 Å². The predicted octanol–water partition coefficient (Wildman–Crippen LogP) is 3.14. The third-order valence-electron chi connectivity index (χ3n) is 5.75. The zero-order valence-electron chi connectivity index (χ0n) is 15.1. The molecule has 0 aromatic heterocycles. The van der Waals surface area contributed by atoms with E-state index in [-0.39, 0.29) is 11.4 Å². The summed E-state index contributed by atoms with van der Waals surface area (Å²) >= 11 is 0. The van der Waals surface area contributed by atoms with Crippen molar-refractivity contribution in [1.29, 1.82) is 0 Å². The van der Waals surface area contributed by atoms with Crippen LogP contribution in [0.1, 0.15) is 39.0 Å². The Hall–Kier alpha value is -1.75. The van der Waals surface area contributed by atoms with Crippen molar-refractivity contribution in [3.05, 3.63) is 35.0 Å². The minimum Gasteiger partial charge on any atom is -0.497 e. The van der Waals surface area contributed by atoms with Gasteiger partial charge in [0, 0.05) is 31.2 Å². The number of hydrogen-bond donors (Lipinski definition) is 0. The summed E-state index contributed by atoms with van der Waals surface area (Å²) in [6.07, 6.45) is 9.00. The largest absolute Gasteiger partial charge is 0.497 e. The molecule has 1 fully saturated rings. The average molecular weight is 333 g/mol. The first-order valence-electron chi connectivity index (χ1n) is 8.60. The van der Waals surface area contributed by atoms with E-state index in [1.54, 1.807) is 14.2 Å². The van der Waals surface area contributed by atoms with Crippen molar-refractivity contribution in [2.75, 3.05) is 27.8 Å². The minimum absolute atomic E-state index is 0.113. The molecule has 1 aliphatic heterocycles. The number of rotatable bonds is 4. The van der Waals surface area contributed by atoms with Crippen molar-refractivity contribution >= 4 is 5.97 Å². The molecule has 1 heterocycles. The smallest absolute Gasteiger partial charge is 0.307 e. The summed E-state index contributed by atoms with van der Waals surface area (Å²) in [5.74, 6) is 2.35. The molecule has 0 spiro atoms. The highest BCUT2D eigenvalue weighted by Gasteiger charge is 2.50. The summed E-state index contributed by atoms with van der Waals surface area (Å²) in [7, 11) is 5.57. The minimum atomic E-state index is -0.236. The topological polar surface area (TPSA) is 48.0 Å². The van der Waals surface area contributed by atoms with Gasteiger partial charge in [-0.15, -0.1) is 0 Å². The van der Waals surface area contributed by atoms with Gasteiger partial charge in [-0.2, -0.15) is 0 Å². The molecule has 5 heteroatoms. The third-order valence-corrected chi connectivity index (χ3v) is 5.75. The fraction of sp³-hybridized carbons (Fsp3) is 0.632. The van der Waals surface area contributed by atoms with E-state index in [2.05, 4.69) is 24.1 Å². The molecule has 2 unspecified atom stereocenters. The highest BCUT2D eigenvalue weighted by atomic mass is 16.5. The van der Waals surface area contributed by atoms with Crippen LogP contribution in [0.3, 0.4) is 0 Å². The maximum atomic E-state index is 11.3. The van der Waals surface area contributed by atoms with Gasteiger partial charge in [0.1, 0.15) is 11.5 Å². The van der Waals surface area contributed by atoms with E-state index in [0.29, 0.717) is 6.04 Å². The zero-order chi connectivity index (χ0) is 17.3. The summed E-state index contributed by atoms with van der Waals surface area (Å²) in [6, 6.07) is 0.366. The molecule has 3 aliphatic rings. The van der Waals surface area contributed by atoms with Crippen LogP contribution in [0, 0.1) is 5.41 Å². The number of ether oxygens (including phenoxy) is 3. The first-order chi connectivity index (χ1) is 11.5. The Labute approximate surface area is 143 Å². The Balaban J connectivity index is 1.93. The molecular weight excluding hydrogens is 306 g/mol. The molecule has 3 rings (SSSR count). The molecule has 2 aliphatic carbocycles. The van der Waals surface area contributed by atoms with Gasteiger partial charge in [0.25, 0.3) is 0 Å². The summed E-state index contributed by atoms with van der Waals surface area (Å²) in [6.45, 7) is 2.53. The number of likely N-dealkylation sites (tertiary alicyclic amines) is 1. The summed E-state index contributed by atoms with van der Waals surface area (Å²) in [5, 5.41) is 0. The van der Waals surface area contributed by atoms with Crippen LogP contribution in [0.2, 0.25) is 0 Å². The third kappa shape index (κ3) is 2.86. The number of nitrogens with zero attached hydrogens (tertiary/aromatic N) is 1. The van der Waals surface area contributed by atoms with Crippen molar-refractivity contribution in [2.45, 2.75) is 45.1 Å². The highest BCUT2D eigenvalue weighted by molar-refractivity contribution is 5.67. The van der Waals surface area contributed by atoms with Gasteiger partial charge < -0.3 is 19.1 Å². The molecule has 2 atom stereocenters. The van der Waals surface area contributed by atoms with Gasteiger partial charge in [0.05, 0.1) is 14.2 Å². The molecule has 0 aromatic carbocycles. The van der Waals surface area contributed by atoms with Crippen molar-refractivity contribution in [3.63, 3.8) is 0 Å². The van der Waals surface area contributed by atoms with Crippen LogP contribution in [-0.2, 0) is 19.0 Å². The summed E-state index contributed by atoms with van der Waals surface area (Å²) < 4.78 is 16.4. The van der Waals surface area contributed by atoms with E-state index in [9.17, 15) is 4.79 Å². The van der Waals surface area contributed by atoms with Crippen molar-refractivity contribution < 1.29 is 19.0 Å². The van der Waals surface area contributed by atoms with Gasteiger partial charge >= 0.3 is 5.97 Å².